The molecule has 0 atom stereocenters. The molecule has 0 fully saturated rings. The number of phenolic OH excluding ortho intramolecular Hbond substituents is 2. The highest BCUT2D eigenvalue weighted by Gasteiger charge is 2.01. The number of rotatable bonds is 6. The number of hydrogen-bond acceptors (Lipinski definition) is 5. The predicted molar refractivity (Wildman–Crippen MR) is 62.2 cm³/mol. The van der Waals surface area contributed by atoms with Gasteiger partial charge in [0.2, 0.25) is 0 Å². The van der Waals surface area contributed by atoms with Crippen LogP contribution >= 0.6 is 0 Å². The van der Waals surface area contributed by atoms with Crippen LogP contribution in [0.1, 0.15) is 5.56 Å². The average Bonchev–Trinajstić information content (AvgIpc) is 2.29. The molecule has 0 aliphatic heterocycles. The fourth-order valence-electron chi connectivity index (χ4n) is 1.16. The van der Waals surface area contributed by atoms with Crippen molar-refractivity contribution in [1.29, 1.82) is 0 Å². The Labute approximate surface area is 94.1 Å². The first kappa shape index (κ1) is 12.5. The minimum absolute atomic E-state index is 0.108. The van der Waals surface area contributed by atoms with Gasteiger partial charge < -0.3 is 20.6 Å². The van der Waals surface area contributed by atoms with Crippen LogP contribution in [-0.2, 0) is 0 Å². The van der Waals surface area contributed by atoms with E-state index in [1.165, 1.54) is 12.3 Å². The van der Waals surface area contributed by atoms with Gasteiger partial charge in [-0.15, -0.1) is 0 Å². The van der Waals surface area contributed by atoms with E-state index in [1.807, 2.05) is 0 Å². The van der Waals surface area contributed by atoms with Crippen molar-refractivity contribution in [3.63, 3.8) is 0 Å². The molecule has 0 aliphatic rings. The molecule has 5 nitrogen and oxygen atoms in total. The SMILES string of the molecule is OCCNCCN=Cc1cccc(O)c1O. The molecule has 1 aromatic carbocycles. The number of phenols is 2. The number of aliphatic hydroxyl groups is 1. The summed E-state index contributed by atoms with van der Waals surface area (Å²) in [5.41, 5.74) is 0.488. The zero-order chi connectivity index (χ0) is 11.8. The summed E-state index contributed by atoms with van der Waals surface area (Å²) in [4.78, 5) is 4.08. The lowest BCUT2D eigenvalue weighted by atomic mass is 10.2. The second kappa shape index (κ2) is 6.81. The van der Waals surface area contributed by atoms with Gasteiger partial charge in [0.15, 0.2) is 11.5 Å². The third-order valence-electron chi connectivity index (χ3n) is 1.98. The molecule has 4 N–H and O–H groups in total. The number of hydrogen-bond donors (Lipinski definition) is 4. The molecule has 0 amide bonds. The molecular weight excluding hydrogens is 208 g/mol. The highest BCUT2D eigenvalue weighted by molar-refractivity contribution is 5.84. The van der Waals surface area contributed by atoms with Crippen LogP contribution in [0.3, 0.4) is 0 Å². The molecule has 0 bridgehead atoms. The molecule has 0 aromatic heterocycles. The third kappa shape index (κ3) is 3.88. The van der Waals surface area contributed by atoms with Crippen molar-refractivity contribution in [3.8, 4) is 11.5 Å². The molecule has 0 spiro atoms. The summed E-state index contributed by atoms with van der Waals surface area (Å²) in [6.07, 6.45) is 1.51. The van der Waals surface area contributed by atoms with Gasteiger partial charge >= 0.3 is 0 Å². The largest absolute Gasteiger partial charge is 0.504 e. The van der Waals surface area contributed by atoms with E-state index in [-0.39, 0.29) is 18.1 Å². The highest BCUT2D eigenvalue weighted by atomic mass is 16.3. The van der Waals surface area contributed by atoms with E-state index in [4.69, 9.17) is 5.11 Å². The van der Waals surface area contributed by atoms with Crippen molar-refractivity contribution in [3.05, 3.63) is 23.8 Å². The zero-order valence-corrected chi connectivity index (χ0v) is 8.93. The smallest absolute Gasteiger partial charge is 0.166 e. The number of aliphatic imine (C=N–C) groups is 1. The van der Waals surface area contributed by atoms with Crippen LogP contribution in [0, 0.1) is 0 Å². The Bertz CT molecular complexity index is 353. The molecule has 1 rings (SSSR count). The van der Waals surface area contributed by atoms with Gasteiger partial charge in [-0.3, -0.25) is 4.99 Å². The maximum atomic E-state index is 9.45. The van der Waals surface area contributed by atoms with Gasteiger partial charge in [0.25, 0.3) is 0 Å². The first-order chi connectivity index (χ1) is 7.75. The van der Waals surface area contributed by atoms with Crippen LogP contribution in [0.15, 0.2) is 23.2 Å². The highest BCUT2D eigenvalue weighted by Crippen LogP contribution is 2.26. The molecular formula is C11H16N2O3. The number of benzene rings is 1. The Morgan fingerprint density at radius 3 is 2.81 bits per heavy atom. The quantitative estimate of drug-likeness (QED) is 0.313. The first-order valence-corrected chi connectivity index (χ1v) is 5.08. The van der Waals surface area contributed by atoms with E-state index >= 15 is 0 Å². The summed E-state index contributed by atoms with van der Waals surface area (Å²) in [5.74, 6) is -0.308. The van der Waals surface area contributed by atoms with Crippen LogP contribution in [0.25, 0.3) is 0 Å². The fraction of sp³-hybridized carbons (Fsp3) is 0.364. The van der Waals surface area contributed by atoms with Crippen LogP contribution in [0.2, 0.25) is 0 Å². The monoisotopic (exact) mass is 224 g/mol. The van der Waals surface area contributed by atoms with Crippen LogP contribution in [0.5, 0.6) is 11.5 Å². The maximum absolute atomic E-state index is 9.45. The molecule has 88 valence electrons. The van der Waals surface area contributed by atoms with E-state index in [9.17, 15) is 10.2 Å². The molecule has 0 heterocycles. The summed E-state index contributed by atoms with van der Waals surface area (Å²) in [6.45, 7) is 1.87. The second-order valence-electron chi connectivity index (χ2n) is 3.22. The average molecular weight is 224 g/mol. The van der Waals surface area contributed by atoms with Crippen molar-refractivity contribution >= 4 is 6.21 Å². The number of aliphatic hydroxyl groups excluding tert-OH is 1. The van der Waals surface area contributed by atoms with Crippen molar-refractivity contribution in [2.75, 3.05) is 26.2 Å². The summed E-state index contributed by atoms with van der Waals surface area (Å²) in [6, 6.07) is 4.72. The van der Waals surface area contributed by atoms with E-state index in [1.54, 1.807) is 12.1 Å². The van der Waals surface area contributed by atoms with E-state index in [2.05, 4.69) is 10.3 Å². The van der Waals surface area contributed by atoms with Gasteiger partial charge in [-0.1, -0.05) is 6.07 Å². The van der Waals surface area contributed by atoms with E-state index in [0.29, 0.717) is 25.2 Å². The Morgan fingerprint density at radius 2 is 2.06 bits per heavy atom. The van der Waals surface area contributed by atoms with Crippen LogP contribution < -0.4 is 5.32 Å². The molecule has 0 saturated carbocycles. The van der Waals surface area contributed by atoms with Gasteiger partial charge in [-0.25, -0.2) is 0 Å². The Kier molecular flexibility index (Phi) is 5.31. The summed E-state index contributed by atoms with van der Waals surface area (Å²) in [7, 11) is 0. The minimum Gasteiger partial charge on any atom is -0.504 e. The maximum Gasteiger partial charge on any atom is 0.166 e. The minimum atomic E-state index is -0.158. The lowest BCUT2D eigenvalue weighted by molar-refractivity contribution is 0.293. The Hall–Kier alpha value is -1.59. The second-order valence-corrected chi connectivity index (χ2v) is 3.22. The summed E-state index contributed by atoms with van der Waals surface area (Å²) < 4.78 is 0. The van der Waals surface area contributed by atoms with Crippen LogP contribution in [0.4, 0.5) is 0 Å². The fourth-order valence-corrected chi connectivity index (χ4v) is 1.16. The molecule has 1 aromatic rings. The predicted octanol–water partition coefficient (Wildman–Crippen LogP) is 0.0986. The Morgan fingerprint density at radius 1 is 1.25 bits per heavy atom. The molecule has 0 aliphatic carbocycles. The molecule has 0 radical (unpaired) electrons. The van der Waals surface area contributed by atoms with Crippen LogP contribution in [-0.4, -0.2) is 47.8 Å². The van der Waals surface area contributed by atoms with Crippen molar-refractivity contribution in [2.45, 2.75) is 0 Å². The van der Waals surface area contributed by atoms with E-state index < -0.39 is 0 Å². The molecule has 0 unspecified atom stereocenters. The zero-order valence-electron chi connectivity index (χ0n) is 8.93. The first-order valence-electron chi connectivity index (χ1n) is 5.08. The third-order valence-corrected chi connectivity index (χ3v) is 1.98. The molecule has 16 heavy (non-hydrogen) atoms. The number of nitrogens with zero attached hydrogens (tertiary/aromatic N) is 1. The number of para-hydroxylation sites is 1. The van der Waals surface area contributed by atoms with Crippen molar-refractivity contribution in [1.82, 2.24) is 5.32 Å². The van der Waals surface area contributed by atoms with Gasteiger partial charge in [0.1, 0.15) is 0 Å². The van der Waals surface area contributed by atoms with Gasteiger partial charge in [-0.2, -0.15) is 0 Å². The summed E-state index contributed by atoms with van der Waals surface area (Å²) in [5, 5.41) is 30.1. The molecule has 0 saturated heterocycles. The van der Waals surface area contributed by atoms with Gasteiger partial charge in [0.05, 0.1) is 13.2 Å². The van der Waals surface area contributed by atoms with Gasteiger partial charge in [0, 0.05) is 24.9 Å². The van der Waals surface area contributed by atoms with Crippen molar-refractivity contribution < 1.29 is 15.3 Å². The normalized spacial score (nSPS) is 11.1. The number of nitrogens with one attached hydrogen (secondary N) is 1. The Balaban J connectivity index is 2.41. The van der Waals surface area contributed by atoms with Gasteiger partial charge in [-0.05, 0) is 12.1 Å². The van der Waals surface area contributed by atoms with E-state index in [0.717, 1.165) is 0 Å². The molecule has 5 heteroatoms. The standard InChI is InChI=1S/C11H16N2O3/c14-7-6-12-4-5-13-8-9-2-1-3-10(15)11(9)16/h1-3,8,12,14-16H,4-7H2. The number of aromatic hydroxyl groups is 2. The lowest BCUT2D eigenvalue weighted by Crippen LogP contribution is -2.21. The van der Waals surface area contributed by atoms with Crippen molar-refractivity contribution in [2.24, 2.45) is 4.99 Å². The summed E-state index contributed by atoms with van der Waals surface area (Å²) >= 11 is 0. The lowest BCUT2D eigenvalue weighted by Gasteiger charge is -2.01. The topological polar surface area (TPSA) is 85.1 Å².